The molecule has 74 heavy (non-hydrogen) atoms. The normalized spacial score (nSPS) is 26.9. The number of fused-ring (bicyclic) bond motifs is 2. The summed E-state index contributed by atoms with van der Waals surface area (Å²) >= 11 is 1.53. The molecule has 6 fully saturated rings. The summed E-state index contributed by atoms with van der Waals surface area (Å²) in [5, 5.41) is 36.0. The minimum atomic E-state index is -0.862. The summed E-state index contributed by atoms with van der Waals surface area (Å²) in [7, 11) is 0. The van der Waals surface area contributed by atoms with Crippen molar-refractivity contribution in [1.29, 1.82) is 0 Å². The number of piperazine rings is 1. The largest absolute Gasteiger partial charge is 0.507 e. The fourth-order valence-electron chi connectivity index (χ4n) is 13.3. The lowest BCUT2D eigenvalue weighted by molar-refractivity contribution is -0.150. The second kappa shape index (κ2) is 19.8. The predicted molar refractivity (Wildman–Crippen MR) is 287 cm³/mol. The molecule has 3 amide bonds. The van der Waals surface area contributed by atoms with Gasteiger partial charge in [0.15, 0.2) is 5.82 Å². The highest BCUT2D eigenvalue weighted by atomic mass is 32.1. The summed E-state index contributed by atoms with van der Waals surface area (Å²) in [5.41, 5.74) is 15.2. The van der Waals surface area contributed by atoms with Gasteiger partial charge in [0.25, 0.3) is 0 Å². The highest BCUT2D eigenvalue weighted by molar-refractivity contribution is 7.13. The molecule has 16 nitrogen and oxygen atoms in total. The number of phenols is 1. The van der Waals surface area contributed by atoms with Gasteiger partial charge >= 0.3 is 0 Å². The number of aliphatic hydroxyl groups excluding tert-OH is 1. The minimum absolute atomic E-state index is 0.0321. The van der Waals surface area contributed by atoms with Gasteiger partial charge in [0.05, 0.1) is 45.3 Å². The highest BCUT2D eigenvalue weighted by Gasteiger charge is 2.57. The summed E-state index contributed by atoms with van der Waals surface area (Å²) in [6.07, 6.45) is 9.46. The van der Waals surface area contributed by atoms with Crippen molar-refractivity contribution in [3.8, 4) is 27.6 Å². The number of nitrogens with zero attached hydrogens (tertiary/aromatic N) is 8. The molecule has 17 heteroatoms. The van der Waals surface area contributed by atoms with Crippen LogP contribution in [0.3, 0.4) is 0 Å². The Kier molecular flexibility index (Phi) is 13.4. The number of hydrogen-bond donors (Lipinski definition) is 5. The van der Waals surface area contributed by atoms with Crippen LogP contribution in [-0.4, -0.2) is 127 Å². The van der Waals surface area contributed by atoms with Crippen LogP contribution in [0.25, 0.3) is 21.8 Å². The number of aryl methyl sites for hydroxylation is 1. The van der Waals surface area contributed by atoms with Crippen molar-refractivity contribution in [3.05, 3.63) is 95.3 Å². The number of pyridine rings is 1. The van der Waals surface area contributed by atoms with Gasteiger partial charge in [0.2, 0.25) is 17.7 Å². The van der Waals surface area contributed by atoms with Crippen molar-refractivity contribution in [3.63, 3.8) is 0 Å². The van der Waals surface area contributed by atoms with E-state index in [1.165, 1.54) is 27.5 Å². The number of aromatic nitrogens is 4. The molecular weight excluding hydrogens is 951 g/mol. The average Bonchev–Trinajstić information content (AvgIpc) is 4.06. The number of rotatable bonds is 12. The number of likely N-dealkylation sites (tertiary alicyclic amines) is 2. The Morgan fingerprint density at radius 2 is 1.55 bits per heavy atom. The average molecular weight is 1020 g/mol. The number of piperidine rings is 1. The van der Waals surface area contributed by atoms with Gasteiger partial charge in [-0.15, -0.1) is 21.5 Å². The van der Waals surface area contributed by atoms with Crippen LogP contribution in [0.15, 0.2) is 78.4 Å². The van der Waals surface area contributed by atoms with Crippen molar-refractivity contribution >= 4 is 46.3 Å². The van der Waals surface area contributed by atoms with Gasteiger partial charge in [-0.1, -0.05) is 51.1 Å². The maximum atomic E-state index is 14.4. The maximum absolute atomic E-state index is 14.4. The molecule has 2 aromatic carbocycles. The zero-order valence-electron chi connectivity index (χ0n) is 43.3. The van der Waals surface area contributed by atoms with Gasteiger partial charge in [-0.2, -0.15) is 0 Å². The number of amides is 3. The molecule has 7 heterocycles. The van der Waals surface area contributed by atoms with Gasteiger partial charge in [0.1, 0.15) is 17.8 Å². The van der Waals surface area contributed by atoms with E-state index >= 15 is 0 Å². The number of phenolic OH excluding ortho intramolecular Hbond substituents is 1. The third-order valence-corrected chi connectivity index (χ3v) is 18.4. The lowest BCUT2D eigenvalue weighted by atomic mass is 9.49. The number of hydrogen-bond acceptors (Lipinski definition) is 14. The Morgan fingerprint density at radius 3 is 2.20 bits per heavy atom. The molecule has 6 aliphatic rings. The summed E-state index contributed by atoms with van der Waals surface area (Å²) in [6, 6.07) is 21.6. The number of nitrogens with one attached hydrogen (secondary N) is 2. The molecule has 3 aromatic heterocycles. The van der Waals surface area contributed by atoms with E-state index in [9.17, 15) is 24.6 Å². The summed E-state index contributed by atoms with van der Waals surface area (Å²) in [6.45, 7) is 13.5. The van der Waals surface area contributed by atoms with Gasteiger partial charge in [-0.25, -0.2) is 4.98 Å². The van der Waals surface area contributed by atoms with Crippen LogP contribution in [0, 0.1) is 23.7 Å². The van der Waals surface area contributed by atoms with Gasteiger partial charge < -0.3 is 46.2 Å². The van der Waals surface area contributed by atoms with Crippen LogP contribution < -0.4 is 26.2 Å². The van der Waals surface area contributed by atoms with Crippen LogP contribution in [0.4, 0.5) is 17.2 Å². The number of carbonyl (C=O) groups excluding carboxylic acids is 3. The molecule has 11 rings (SSSR count). The van der Waals surface area contributed by atoms with Gasteiger partial charge in [-0.3, -0.25) is 19.4 Å². The summed E-state index contributed by atoms with van der Waals surface area (Å²) in [4.78, 5) is 61.2. The molecule has 6 atom stereocenters. The second-order valence-corrected chi connectivity index (χ2v) is 24.3. The molecule has 2 unspecified atom stereocenters. The van der Waals surface area contributed by atoms with Crippen LogP contribution in [0.2, 0.25) is 0 Å². The molecule has 390 valence electrons. The topological polar surface area (TPSA) is 206 Å². The highest BCUT2D eigenvalue weighted by Crippen LogP contribution is 2.60. The number of para-hydroxylation sites is 1. The van der Waals surface area contributed by atoms with E-state index in [4.69, 9.17) is 5.73 Å². The number of benzene rings is 2. The Balaban J connectivity index is 0.635. The first-order valence-electron chi connectivity index (χ1n) is 26.8. The predicted octanol–water partition coefficient (Wildman–Crippen LogP) is 7.22. The van der Waals surface area contributed by atoms with Crippen LogP contribution in [0.1, 0.15) is 114 Å². The molecule has 6 N–H and O–H groups in total. The van der Waals surface area contributed by atoms with E-state index < -0.39 is 23.6 Å². The Labute approximate surface area is 438 Å². The summed E-state index contributed by atoms with van der Waals surface area (Å²) in [5.74, 6) is 0.197. The first-order valence-corrected chi connectivity index (χ1v) is 27.6. The monoisotopic (exact) mass is 1020 g/mol. The Morgan fingerprint density at radius 1 is 0.838 bits per heavy atom. The standard InChI is InChI=1S/C57H71N11O5S/c1-33(37-12-17-45(59-28-37)50-34(2)60-32-74-50)61-54(72)48-22-43(69)31-67(48)55(73)51(56(3,4)5)62-53(71)38-24-57(25-38)26-42(27-57)65-20-18-36(19-21-65)35-10-13-39(14-11-35)68-40-15-16-41(68)30-66(29-40)47-23-46(63-64-52(47)58)44-8-6-7-9-49(44)70/h6-14,17,23,28,32-33,36,38,40-43,48,51,69-70H,15-16,18-22,24-27,29-31H2,1-5H3,(H2,58,64)(H,61,72)(H,62,71)/t33-,38-,40?,41?,42-,43+,48-,51+,57?/m0/s1. The molecule has 2 aliphatic carbocycles. The lowest BCUT2D eigenvalue weighted by Crippen LogP contribution is -2.62. The number of carbonyl (C=O) groups is 3. The van der Waals surface area contributed by atoms with Crippen molar-refractivity contribution in [2.24, 2.45) is 16.7 Å². The Hall–Kier alpha value is -6.17. The molecule has 2 saturated carbocycles. The smallest absolute Gasteiger partial charge is 0.246 e. The van der Waals surface area contributed by atoms with Crippen LogP contribution in [0.5, 0.6) is 5.75 Å². The van der Waals surface area contributed by atoms with E-state index in [1.807, 2.05) is 65.0 Å². The quantitative estimate of drug-likeness (QED) is 0.0838. The van der Waals surface area contributed by atoms with Crippen molar-refractivity contribution < 1.29 is 24.6 Å². The van der Waals surface area contributed by atoms with Crippen LogP contribution in [-0.2, 0) is 14.4 Å². The maximum Gasteiger partial charge on any atom is 0.246 e. The van der Waals surface area contributed by atoms with E-state index in [0.29, 0.717) is 41.1 Å². The lowest BCUT2D eigenvalue weighted by Gasteiger charge is -2.60. The van der Waals surface area contributed by atoms with Crippen molar-refractivity contribution in [2.75, 3.05) is 48.3 Å². The molecule has 1 spiro atoms. The number of β-amino-alcohol motifs (C(OH)–C–C–N with tert-alkyl or cyclic N) is 1. The Bertz CT molecular complexity index is 2850. The molecule has 5 aromatic rings. The number of thiazole rings is 1. The second-order valence-electron chi connectivity index (χ2n) is 23.5. The first-order chi connectivity index (χ1) is 35.5. The number of nitrogens with two attached hydrogens (primary N) is 1. The fourth-order valence-corrected chi connectivity index (χ4v) is 14.1. The number of nitrogen functional groups attached to an aromatic ring is 1. The first kappa shape index (κ1) is 50.0. The van der Waals surface area contributed by atoms with E-state index in [2.05, 4.69) is 69.8 Å². The zero-order valence-corrected chi connectivity index (χ0v) is 44.1. The van der Waals surface area contributed by atoms with Gasteiger partial charge in [-0.05, 0) is 143 Å². The molecule has 4 saturated heterocycles. The molecule has 4 aliphatic heterocycles. The SMILES string of the molecule is Cc1ncsc1-c1ccc([C@H](C)NC(=O)[C@@H]2C[C@@H](O)CN2C(=O)[C@@H](NC(=O)[C@H]2CC3(C2)C[C@H](N2CCC(c4ccc(N5C6CCC5CN(c5cc(-c7ccccc7O)nnc5N)C6)cc4)CC2)C3)C(C)(C)C)cn1. The summed E-state index contributed by atoms with van der Waals surface area (Å²) < 4.78 is 0. The zero-order chi connectivity index (χ0) is 51.6. The molecule has 0 radical (unpaired) electrons. The third kappa shape index (κ3) is 9.71. The third-order valence-electron chi connectivity index (χ3n) is 17.5. The molecule has 2 bridgehead atoms. The molecular formula is C57H71N11O5S. The number of aromatic hydroxyl groups is 1. The van der Waals surface area contributed by atoms with Gasteiger partial charge in [0, 0.05) is 67.5 Å². The van der Waals surface area contributed by atoms with E-state index in [0.717, 1.165) is 105 Å². The number of aliphatic hydroxyl groups is 1. The van der Waals surface area contributed by atoms with E-state index in [-0.39, 0.29) is 53.8 Å². The van der Waals surface area contributed by atoms with Crippen molar-refractivity contribution in [1.82, 2.24) is 40.6 Å². The van der Waals surface area contributed by atoms with Crippen molar-refractivity contribution in [2.45, 2.75) is 141 Å². The minimum Gasteiger partial charge on any atom is -0.507 e. The van der Waals surface area contributed by atoms with E-state index in [1.54, 1.807) is 23.8 Å². The number of anilines is 3. The fraction of sp³-hybridized carbons (Fsp3) is 0.526. The van der Waals surface area contributed by atoms with Crippen LogP contribution >= 0.6 is 11.3 Å².